The van der Waals surface area contributed by atoms with Gasteiger partial charge in [0.25, 0.3) is 0 Å². The van der Waals surface area contributed by atoms with Crippen molar-refractivity contribution in [1.29, 1.82) is 0 Å². The lowest BCUT2D eigenvalue weighted by Crippen LogP contribution is -2.07. The summed E-state index contributed by atoms with van der Waals surface area (Å²) in [5.74, 6) is 0.432. The van der Waals surface area contributed by atoms with Crippen LogP contribution in [0.1, 0.15) is 39.3 Å². The summed E-state index contributed by atoms with van der Waals surface area (Å²) in [6, 6.07) is 22.9. The van der Waals surface area contributed by atoms with Gasteiger partial charge in [0, 0.05) is 11.5 Å². The molecule has 1 N–H and O–H groups in total. The number of para-hydroxylation sites is 1. The molecular formula is C22H22O. The first kappa shape index (κ1) is 15.4. The first-order chi connectivity index (χ1) is 11.1. The third-order valence-corrected chi connectivity index (χ3v) is 4.58. The molecule has 0 aliphatic rings. The Bertz CT molecular complexity index is 787. The van der Waals surface area contributed by atoms with Gasteiger partial charge in [-0.05, 0) is 48.6 Å². The van der Waals surface area contributed by atoms with Crippen LogP contribution in [0.3, 0.4) is 0 Å². The number of phenols is 1. The average Bonchev–Trinajstić information content (AvgIpc) is 2.55. The highest BCUT2D eigenvalue weighted by atomic mass is 16.3. The van der Waals surface area contributed by atoms with E-state index in [0.717, 1.165) is 11.1 Å². The summed E-state index contributed by atoms with van der Waals surface area (Å²) in [6.07, 6.45) is 0. The second-order valence-corrected chi connectivity index (χ2v) is 6.16. The molecule has 1 nitrogen and oxygen atoms in total. The van der Waals surface area contributed by atoms with Crippen LogP contribution in [0.4, 0.5) is 0 Å². The minimum Gasteiger partial charge on any atom is -0.507 e. The lowest BCUT2D eigenvalue weighted by atomic mass is 9.80. The fourth-order valence-corrected chi connectivity index (χ4v) is 3.24. The van der Waals surface area contributed by atoms with E-state index in [2.05, 4.69) is 62.4 Å². The van der Waals surface area contributed by atoms with Crippen molar-refractivity contribution in [3.05, 3.63) is 100 Å². The molecule has 116 valence electrons. The molecule has 0 amide bonds. The van der Waals surface area contributed by atoms with Crippen LogP contribution in [0.25, 0.3) is 0 Å². The van der Waals surface area contributed by atoms with Gasteiger partial charge >= 0.3 is 0 Å². The van der Waals surface area contributed by atoms with E-state index in [1.807, 2.05) is 25.1 Å². The number of aromatic hydroxyl groups is 1. The maximum atomic E-state index is 10.7. The molecule has 3 aromatic rings. The van der Waals surface area contributed by atoms with E-state index in [0.29, 0.717) is 5.75 Å². The largest absolute Gasteiger partial charge is 0.507 e. The van der Waals surface area contributed by atoms with Gasteiger partial charge in [0.05, 0.1) is 0 Å². The molecule has 3 aromatic carbocycles. The maximum Gasteiger partial charge on any atom is 0.122 e. The zero-order valence-corrected chi connectivity index (χ0v) is 13.9. The highest BCUT2D eigenvalue weighted by molar-refractivity contribution is 5.54. The van der Waals surface area contributed by atoms with Gasteiger partial charge in [-0.3, -0.25) is 0 Å². The number of rotatable bonds is 3. The van der Waals surface area contributed by atoms with Gasteiger partial charge in [-0.1, -0.05) is 66.7 Å². The Hall–Kier alpha value is -2.54. The molecule has 23 heavy (non-hydrogen) atoms. The second-order valence-electron chi connectivity index (χ2n) is 6.16. The van der Waals surface area contributed by atoms with Crippen molar-refractivity contribution in [3.8, 4) is 5.75 Å². The summed E-state index contributed by atoms with van der Waals surface area (Å²) in [5, 5.41) is 10.7. The molecule has 0 bridgehead atoms. The number of aryl methyl sites for hydroxylation is 3. The van der Waals surface area contributed by atoms with Crippen molar-refractivity contribution < 1.29 is 5.11 Å². The Balaban J connectivity index is 2.29. The summed E-state index contributed by atoms with van der Waals surface area (Å²) < 4.78 is 0. The maximum absolute atomic E-state index is 10.7. The Morgan fingerprint density at radius 2 is 1.00 bits per heavy atom. The summed E-state index contributed by atoms with van der Waals surface area (Å²) in [4.78, 5) is 0. The molecule has 0 atom stereocenters. The average molecular weight is 302 g/mol. The zero-order valence-electron chi connectivity index (χ0n) is 13.9. The van der Waals surface area contributed by atoms with Gasteiger partial charge in [-0.15, -0.1) is 0 Å². The Kier molecular flexibility index (Phi) is 4.20. The van der Waals surface area contributed by atoms with Crippen LogP contribution in [0.2, 0.25) is 0 Å². The number of hydrogen-bond donors (Lipinski definition) is 1. The SMILES string of the molecule is Cc1ccccc1C(c1ccccc1C)c1cccc(C)c1O. The molecule has 0 saturated heterocycles. The Labute approximate surface area is 138 Å². The van der Waals surface area contributed by atoms with E-state index < -0.39 is 0 Å². The van der Waals surface area contributed by atoms with Crippen LogP contribution in [0.15, 0.2) is 66.7 Å². The highest BCUT2D eigenvalue weighted by Crippen LogP contribution is 2.40. The monoisotopic (exact) mass is 302 g/mol. The first-order valence-electron chi connectivity index (χ1n) is 7.99. The van der Waals surface area contributed by atoms with Gasteiger partial charge in [0.1, 0.15) is 5.75 Å². The molecule has 0 spiro atoms. The van der Waals surface area contributed by atoms with Crippen molar-refractivity contribution in [2.45, 2.75) is 26.7 Å². The van der Waals surface area contributed by atoms with E-state index >= 15 is 0 Å². The number of phenolic OH excluding ortho intramolecular Hbond substituents is 1. The van der Waals surface area contributed by atoms with Gasteiger partial charge in [0.15, 0.2) is 0 Å². The third kappa shape index (κ3) is 2.87. The van der Waals surface area contributed by atoms with Crippen molar-refractivity contribution in [1.82, 2.24) is 0 Å². The minimum atomic E-state index is 0.0392. The summed E-state index contributed by atoms with van der Waals surface area (Å²) >= 11 is 0. The lowest BCUT2D eigenvalue weighted by molar-refractivity contribution is 0.463. The molecule has 0 radical (unpaired) electrons. The Morgan fingerprint density at radius 1 is 0.565 bits per heavy atom. The van der Waals surface area contributed by atoms with Crippen LogP contribution >= 0.6 is 0 Å². The van der Waals surface area contributed by atoms with Crippen molar-refractivity contribution in [3.63, 3.8) is 0 Å². The van der Waals surface area contributed by atoms with Crippen LogP contribution < -0.4 is 0 Å². The van der Waals surface area contributed by atoms with Crippen LogP contribution in [0, 0.1) is 20.8 Å². The number of hydrogen-bond acceptors (Lipinski definition) is 1. The van der Waals surface area contributed by atoms with Gasteiger partial charge in [-0.2, -0.15) is 0 Å². The minimum absolute atomic E-state index is 0.0392. The molecule has 0 aliphatic carbocycles. The van der Waals surface area contributed by atoms with Crippen molar-refractivity contribution in [2.24, 2.45) is 0 Å². The fourth-order valence-electron chi connectivity index (χ4n) is 3.24. The number of benzene rings is 3. The molecule has 0 aliphatic heterocycles. The molecule has 0 heterocycles. The highest BCUT2D eigenvalue weighted by Gasteiger charge is 2.23. The summed E-state index contributed by atoms with van der Waals surface area (Å²) in [5.41, 5.74) is 6.83. The molecule has 1 heteroatoms. The molecule has 0 fully saturated rings. The van der Waals surface area contributed by atoms with Crippen LogP contribution in [0.5, 0.6) is 5.75 Å². The molecule has 0 aromatic heterocycles. The predicted molar refractivity (Wildman–Crippen MR) is 96.1 cm³/mol. The first-order valence-corrected chi connectivity index (χ1v) is 7.99. The van der Waals surface area contributed by atoms with Gasteiger partial charge in [-0.25, -0.2) is 0 Å². The molecule has 0 unspecified atom stereocenters. The quantitative estimate of drug-likeness (QED) is 0.634. The molecule has 0 saturated carbocycles. The van der Waals surface area contributed by atoms with Gasteiger partial charge < -0.3 is 5.11 Å². The fraction of sp³-hybridized carbons (Fsp3) is 0.182. The van der Waals surface area contributed by atoms with Gasteiger partial charge in [0.2, 0.25) is 0 Å². The van der Waals surface area contributed by atoms with Crippen molar-refractivity contribution >= 4 is 0 Å². The molecule has 3 rings (SSSR count). The predicted octanol–water partition coefficient (Wildman–Crippen LogP) is 5.50. The normalized spacial score (nSPS) is 11.0. The topological polar surface area (TPSA) is 20.2 Å². The van der Waals surface area contributed by atoms with E-state index in [1.165, 1.54) is 22.3 Å². The second kappa shape index (κ2) is 6.29. The summed E-state index contributed by atoms with van der Waals surface area (Å²) in [6.45, 7) is 6.21. The third-order valence-electron chi connectivity index (χ3n) is 4.58. The standard InChI is InChI=1S/C22H22O/c1-15-9-4-6-12-18(15)21(19-13-7-5-10-16(19)2)20-14-8-11-17(3)22(20)23/h4-14,21,23H,1-3H3. The Morgan fingerprint density at radius 3 is 1.52 bits per heavy atom. The lowest BCUT2D eigenvalue weighted by Gasteiger charge is -2.24. The van der Waals surface area contributed by atoms with Crippen LogP contribution in [-0.4, -0.2) is 5.11 Å². The van der Waals surface area contributed by atoms with E-state index in [-0.39, 0.29) is 5.92 Å². The van der Waals surface area contributed by atoms with Crippen molar-refractivity contribution in [2.75, 3.05) is 0 Å². The zero-order chi connectivity index (χ0) is 16.4. The van der Waals surface area contributed by atoms with Crippen LogP contribution in [-0.2, 0) is 0 Å². The summed E-state index contributed by atoms with van der Waals surface area (Å²) in [7, 11) is 0. The molecular weight excluding hydrogens is 280 g/mol. The van der Waals surface area contributed by atoms with E-state index in [1.54, 1.807) is 0 Å². The van der Waals surface area contributed by atoms with E-state index in [4.69, 9.17) is 0 Å². The smallest absolute Gasteiger partial charge is 0.122 e. The van der Waals surface area contributed by atoms with E-state index in [9.17, 15) is 5.11 Å².